The lowest BCUT2D eigenvalue weighted by Crippen LogP contribution is -2.37. The van der Waals surface area contributed by atoms with Gasteiger partial charge in [0, 0.05) is 30.5 Å². The number of urea groups is 1. The number of rotatable bonds is 4. The van der Waals surface area contributed by atoms with Gasteiger partial charge in [-0.25, -0.2) is 4.79 Å². The van der Waals surface area contributed by atoms with Crippen LogP contribution in [0.1, 0.15) is 5.56 Å². The average Bonchev–Trinajstić information content (AvgIpc) is 3.07. The lowest BCUT2D eigenvalue weighted by molar-refractivity contribution is -0.137. The molecule has 1 fully saturated rings. The van der Waals surface area contributed by atoms with E-state index < -0.39 is 17.6 Å². The van der Waals surface area contributed by atoms with Crippen LogP contribution in [0.3, 0.4) is 0 Å². The van der Waals surface area contributed by atoms with E-state index in [1.165, 1.54) is 21.9 Å². The number of nitrogens with zero attached hydrogens (tertiary/aromatic N) is 2. The Labute approximate surface area is 170 Å². The normalized spacial score (nSPS) is 16.0. The molecule has 0 atom stereocenters. The molecular formula is C20H18F3N3O4. The first kappa shape index (κ1) is 19.9. The van der Waals surface area contributed by atoms with Gasteiger partial charge in [-0.1, -0.05) is 6.07 Å². The summed E-state index contributed by atoms with van der Waals surface area (Å²) in [7, 11) is 0. The van der Waals surface area contributed by atoms with E-state index >= 15 is 0 Å². The first-order chi connectivity index (χ1) is 14.3. The van der Waals surface area contributed by atoms with Crippen LogP contribution in [0.5, 0.6) is 11.5 Å². The predicted molar refractivity (Wildman–Crippen MR) is 102 cm³/mol. The van der Waals surface area contributed by atoms with E-state index in [0.717, 1.165) is 12.1 Å². The van der Waals surface area contributed by atoms with E-state index in [0.29, 0.717) is 43.5 Å². The molecule has 2 aliphatic heterocycles. The Morgan fingerprint density at radius 1 is 1.03 bits per heavy atom. The van der Waals surface area contributed by atoms with Gasteiger partial charge >= 0.3 is 12.2 Å². The van der Waals surface area contributed by atoms with Crippen molar-refractivity contribution in [1.82, 2.24) is 4.90 Å². The third-order valence-electron chi connectivity index (χ3n) is 4.74. The minimum atomic E-state index is -4.50. The van der Waals surface area contributed by atoms with Gasteiger partial charge in [-0.2, -0.15) is 13.2 Å². The molecular weight excluding hydrogens is 403 g/mol. The topological polar surface area (TPSA) is 71.1 Å². The molecule has 0 radical (unpaired) electrons. The molecule has 4 rings (SSSR count). The molecule has 0 unspecified atom stereocenters. The number of amides is 3. The maximum Gasteiger partial charge on any atom is 0.416 e. The van der Waals surface area contributed by atoms with Gasteiger partial charge in [-0.15, -0.1) is 0 Å². The largest absolute Gasteiger partial charge is 0.486 e. The lowest BCUT2D eigenvalue weighted by atomic mass is 10.2. The standard InChI is InChI=1S/C20H18F3N3O4/c21-20(22,23)13-2-1-3-14(10-13)24-18(27)12-25-6-7-26(19(25)28)15-4-5-16-17(11-15)30-9-8-29-16/h1-5,10-11H,6-9,12H2,(H,24,27). The number of carbonyl (C=O) groups is 2. The van der Waals surface area contributed by atoms with E-state index in [4.69, 9.17) is 9.47 Å². The minimum Gasteiger partial charge on any atom is -0.486 e. The van der Waals surface area contributed by atoms with E-state index in [-0.39, 0.29) is 18.3 Å². The highest BCUT2D eigenvalue weighted by atomic mass is 19.4. The van der Waals surface area contributed by atoms with Crippen molar-refractivity contribution in [3.8, 4) is 11.5 Å². The molecule has 7 nitrogen and oxygen atoms in total. The zero-order valence-electron chi connectivity index (χ0n) is 15.7. The number of fused-ring (bicyclic) bond motifs is 1. The number of hydrogen-bond acceptors (Lipinski definition) is 4. The van der Waals surface area contributed by atoms with Crippen molar-refractivity contribution in [2.45, 2.75) is 6.18 Å². The zero-order chi connectivity index (χ0) is 21.3. The van der Waals surface area contributed by atoms with Gasteiger partial charge in [-0.05, 0) is 30.3 Å². The summed E-state index contributed by atoms with van der Waals surface area (Å²) >= 11 is 0. The fourth-order valence-corrected chi connectivity index (χ4v) is 3.32. The molecule has 0 aromatic heterocycles. The second kappa shape index (κ2) is 7.77. The quantitative estimate of drug-likeness (QED) is 0.822. The first-order valence-electron chi connectivity index (χ1n) is 9.24. The van der Waals surface area contributed by atoms with Crippen LogP contribution in [0.15, 0.2) is 42.5 Å². The van der Waals surface area contributed by atoms with Crippen molar-refractivity contribution in [3.63, 3.8) is 0 Å². The van der Waals surface area contributed by atoms with Gasteiger partial charge in [0.2, 0.25) is 5.91 Å². The average molecular weight is 421 g/mol. The third-order valence-corrected chi connectivity index (χ3v) is 4.74. The van der Waals surface area contributed by atoms with Gasteiger partial charge < -0.3 is 19.7 Å². The highest BCUT2D eigenvalue weighted by Gasteiger charge is 2.32. The highest BCUT2D eigenvalue weighted by molar-refractivity contribution is 5.99. The number of benzene rings is 2. The van der Waals surface area contributed by atoms with E-state index in [2.05, 4.69) is 5.32 Å². The molecule has 0 aliphatic carbocycles. The van der Waals surface area contributed by atoms with Crippen LogP contribution in [0.2, 0.25) is 0 Å². The van der Waals surface area contributed by atoms with Crippen molar-refractivity contribution in [3.05, 3.63) is 48.0 Å². The highest BCUT2D eigenvalue weighted by Crippen LogP contribution is 2.35. The summed E-state index contributed by atoms with van der Waals surface area (Å²) in [4.78, 5) is 27.8. The van der Waals surface area contributed by atoms with Crippen LogP contribution in [0, 0.1) is 0 Å². The van der Waals surface area contributed by atoms with Gasteiger partial charge in [0.25, 0.3) is 0 Å². The van der Waals surface area contributed by atoms with Crippen molar-refractivity contribution >= 4 is 23.3 Å². The van der Waals surface area contributed by atoms with Crippen LogP contribution in [-0.4, -0.2) is 49.7 Å². The number of hydrogen-bond donors (Lipinski definition) is 1. The Morgan fingerprint density at radius 3 is 2.57 bits per heavy atom. The molecule has 10 heteroatoms. The van der Waals surface area contributed by atoms with Gasteiger partial charge in [0.1, 0.15) is 19.8 Å². The number of halogens is 3. The molecule has 2 aromatic carbocycles. The number of ether oxygens (including phenoxy) is 2. The summed E-state index contributed by atoms with van der Waals surface area (Å²) in [5, 5.41) is 2.41. The number of anilines is 2. The first-order valence-corrected chi connectivity index (χ1v) is 9.24. The maximum absolute atomic E-state index is 12.8. The molecule has 0 spiro atoms. The molecule has 2 heterocycles. The fraction of sp³-hybridized carbons (Fsp3) is 0.300. The minimum absolute atomic E-state index is 0.0187. The summed E-state index contributed by atoms with van der Waals surface area (Å²) < 4.78 is 49.4. The van der Waals surface area contributed by atoms with Crippen LogP contribution >= 0.6 is 0 Å². The predicted octanol–water partition coefficient (Wildman–Crippen LogP) is 3.36. The van der Waals surface area contributed by atoms with Crippen LogP contribution < -0.4 is 19.7 Å². The van der Waals surface area contributed by atoms with Crippen molar-refractivity contribution in [1.29, 1.82) is 0 Å². The van der Waals surface area contributed by atoms with Crippen LogP contribution in [0.4, 0.5) is 29.3 Å². The maximum atomic E-state index is 12.8. The fourth-order valence-electron chi connectivity index (χ4n) is 3.32. The SMILES string of the molecule is O=C(CN1CCN(c2ccc3c(c2)OCCO3)C1=O)Nc1cccc(C(F)(F)F)c1. The Morgan fingerprint density at radius 2 is 1.80 bits per heavy atom. The summed E-state index contributed by atoms with van der Waals surface area (Å²) in [5.74, 6) is 0.577. The third kappa shape index (κ3) is 4.12. The molecule has 158 valence electrons. The van der Waals surface area contributed by atoms with E-state index in [9.17, 15) is 22.8 Å². The van der Waals surface area contributed by atoms with Crippen molar-refractivity contribution in [2.75, 3.05) is 43.1 Å². The Hall–Kier alpha value is -3.43. The Kier molecular flexibility index (Phi) is 5.15. The van der Waals surface area contributed by atoms with Crippen molar-refractivity contribution < 1.29 is 32.2 Å². The van der Waals surface area contributed by atoms with Crippen LogP contribution in [-0.2, 0) is 11.0 Å². The molecule has 3 amide bonds. The zero-order valence-corrected chi connectivity index (χ0v) is 15.7. The van der Waals surface area contributed by atoms with E-state index in [1.54, 1.807) is 18.2 Å². The lowest BCUT2D eigenvalue weighted by Gasteiger charge is -2.22. The molecule has 2 aromatic rings. The molecule has 0 saturated carbocycles. The smallest absolute Gasteiger partial charge is 0.416 e. The molecule has 30 heavy (non-hydrogen) atoms. The summed E-state index contributed by atoms with van der Waals surface area (Å²) in [5.41, 5.74) is -0.225. The Bertz CT molecular complexity index is 980. The number of carbonyl (C=O) groups excluding carboxylic acids is 2. The number of nitrogens with one attached hydrogen (secondary N) is 1. The van der Waals surface area contributed by atoms with Crippen molar-refractivity contribution in [2.24, 2.45) is 0 Å². The second-order valence-corrected chi connectivity index (χ2v) is 6.81. The Balaban J connectivity index is 1.39. The van der Waals surface area contributed by atoms with Gasteiger partial charge in [-0.3, -0.25) is 9.69 Å². The monoisotopic (exact) mass is 421 g/mol. The van der Waals surface area contributed by atoms with Crippen LogP contribution in [0.25, 0.3) is 0 Å². The molecule has 1 saturated heterocycles. The summed E-state index contributed by atoms with van der Waals surface area (Å²) in [6, 6.07) is 9.14. The van der Waals surface area contributed by atoms with E-state index in [1.807, 2.05) is 0 Å². The molecule has 0 bridgehead atoms. The summed E-state index contributed by atoms with van der Waals surface area (Å²) in [6.07, 6.45) is -4.50. The van der Waals surface area contributed by atoms with Gasteiger partial charge in [0.15, 0.2) is 11.5 Å². The second-order valence-electron chi connectivity index (χ2n) is 6.81. The molecule has 1 N–H and O–H groups in total. The van der Waals surface area contributed by atoms with Gasteiger partial charge in [0.05, 0.1) is 5.56 Å². The summed E-state index contributed by atoms with van der Waals surface area (Å²) in [6.45, 7) is 1.30. The number of alkyl halides is 3. The molecule has 2 aliphatic rings.